The van der Waals surface area contributed by atoms with Crippen LogP contribution < -0.4 is 4.72 Å². The molecule has 1 atom stereocenters. The summed E-state index contributed by atoms with van der Waals surface area (Å²) in [5, 5.41) is 0. The highest BCUT2D eigenvalue weighted by Gasteiger charge is 2.30. The van der Waals surface area contributed by atoms with Gasteiger partial charge < -0.3 is 9.80 Å². The standard InChI is InChI=1S/C15H23N3O3S/c1-3-22(20,21)16-14(13-7-5-4-6-8-13)15(19)18-11-9-17(2)10-12-18/h4-8,14,16H,3,9-12H2,1-2H3/t14-/m0/s1. The molecular weight excluding hydrogens is 302 g/mol. The van der Waals surface area contributed by atoms with Gasteiger partial charge in [-0.25, -0.2) is 8.42 Å². The molecule has 0 bridgehead atoms. The summed E-state index contributed by atoms with van der Waals surface area (Å²) in [6.07, 6.45) is 0. The van der Waals surface area contributed by atoms with Crippen molar-refractivity contribution in [2.45, 2.75) is 13.0 Å². The number of piperazine rings is 1. The first-order valence-electron chi connectivity index (χ1n) is 7.45. The van der Waals surface area contributed by atoms with Crippen molar-refractivity contribution in [3.8, 4) is 0 Å². The Morgan fingerprint density at radius 3 is 2.32 bits per heavy atom. The van der Waals surface area contributed by atoms with Gasteiger partial charge in [0, 0.05) is 26.2 Å². The molecule has 0 spiro atoms. The fourth-order valence-corrected chi connectivity index (χ4v) is 3.14. The normalized spacial score (nSPS) is 18.2. The van der Waals surface area contributed by atoms with Crippen molar-refractivity contribution < 1.29 is 13.2 Å². The fourth-order valence-electron chi connectivity index (χ4n) is 2.38. The lowest BCUT2D eigenvalue weighted by atomic mass is 10.1. The Balaban J connectivity index is 2.22. The highest BCUT2D eigenvalue weighted by Crippen LogP contribution is 2.18. The van der Waals surface area contributed by atoms with Crippen LogP contribution in [0.25, 0.3) is 0 Å². The van der Waals surface area contributed by atoms with Crippen LogP contribution in [0.1, 0.15) is 18.5 Å². The monoisotopic (exact) mass is 325 g/mol. The predicted octanol–water partition coefficient (Wildman–Crippen LogP) is 0.441. The van der Waals surface area contributed by atoms with Crippen LogP contribution in [0.4, 0.5) is 0 Å². The summed E-state index contributed by atoms with van der Waals surface area (Å²) in [4.78, 5) is 16.7. The van der Waals surface area contributed by atoms with Gasteiger partial charge in [0.25, 0.3) is 0 Å². The molecule has 0 aliphatic carbocycles. The van der Waals surface area contributed by atoms with Crippen molar-refractivity contribution in [2.24, 2.45) is 0 Å². The molecule has 0 aromatic heterocycles. The van der Waals surface area contributed by atoms with Gasteiger partial charge in [0.2, 0.25) is 15.9 Å². The Hall–Kier alpha value is -1.44. The van der Waals surface area contributed by atoms with Crippen LogP contribution in [-0.2, 0) is 14.8 Å². The van der Waals surface area contributed by atoms with Crippen molar-refractivity contribution in [3.05, 3.63) is 35.9 Å². The molecule has 2 rings (SSSR count). The third kappa shape index (κ3) is 4.28. The van der Waals surface area contributed by atoms with Gasteiger partial charge in [0.05, 0.1) is 5.75 Å². The average Bonchev–Trinajstić information content (AvgIpc) is 2.53. The second-order valence-corrected chi connectivity index (χ2v) is 7.54. The highest BCUT2D eigenvalue weighted by atomic mass is 32.2. The summed E-state index contributed by atoms with van der Waals surface area (Å²) in [5.41, 5.74) is 0.670. The van der Waals surface area contributed by atoms with Crippen LogP contribution in [0.2, 0.25) is 0 Å². The van der Waals surface area contributed by atoms with Crippen molar-refractivity contribution in [1.82, 2.24) is 14.5 Å². The maximum atomic E-state index is 12.8. The third-order valence-electron chi connectivity index (χ3n) is 3.87. The molecule has 0 unspecified atom stereocenters. The molecule has 0 radical (unpaired) electrons. The minimum Gasteiger partial charge on any atom is -0.338 e. The number of carbonyl (C=O) groups excluding carboxylic acids is 1. The van der Waals surface area contributed by atoms with Crippen LogP contribution >= 0.6 is 0 Å². The van der Waals surface area contributed by atoms with Crippen LogP contribution in [0.5, 0.6) is 0 Å². The first kappa shape index (κ1) is 16.9. The molecule has 1 N–H and O–H groups in total. The zero-order valence-corrected chi connectivity index (χ0v) is 13.8. The van der Waals surface area contributed by atoms with Crippen LogP contribution in [0.15, 0.2) is 30.3 Å². The molecule has 1 aromatic rings. The Labute approximate surface area is 132 Å². The lowest BCUT2D eigenvalue weighted by Crippen LogP contribution is -2.51. The highest BCUT2D eigenvalue weighted by molar-refractivity contribution is 7.89. The Bertz CT molecular complexity index is 596. The molecule has 22 heavy (non-hydrogen) atoms. The number of likely N-dealkylation sites (N-methyl/N-ethyl adjacent to an activating group) is 1. The topological polar surface area (TPSA) is 69.7 Å². The van der Waals surface area contributed by atoms with Gasteiger partial charge in [0.1, 0.15) is 6.04 Å². The van der Waals surface area contributed by atoms with Gasteiger partial charge >= 0.3 is 0 Å². The minimum absolute atomic E-state index is 0.0493. The van der Waals surface area contributed by atoms with E-state index in [1.807, 2.05) is 13.1 Å². The number of hydrogen-bond acceptors (Lipinski definition) is 4. The lowest BCUT2D eigenvalue weighted by molar-refractivity contribution is -0.134. The van der Waals surface area contributed by atoms with Crippen LogP contribution in [0.3, 0.4) is 0 Å². The summed E-state index contributed by atoms with van der Waals surface area (Å²) >= 11 is 0. The number of nitrogens with zero attached hydrogens (tertiary/aromatic N) is 2. The van der Waals surface area contributed by atoms with Gasteiger partial charge in [-0.1, -0.05) is 30.3 Å². The van der Waals surface area contributed by atoms with Gasteiger partial charge in [-0.15, -0.1) is 0 Å². The second-order valence-electron chi connectivity index (χ2n) is 5.49. The lowest BCUT2D eigenvalue weighted by Gasteiger charge is -2.34. The zero-order chi connectivity index (χ0) is 16.2. The molecule has 1 aliphatic heterocycles. The number of nitrogens with one attached hydrogen (secondary N) is 1. The maximum Gasteiger partial charge on any atom is 0.245 e. The summed E-state index contributed by atoms with van der Waals surface area (Å²) in [6, 6.07) is 8.15. The smallest absolute Gasteiger partial charge is 0.245 e. The summed E-state index contributed by atoms with van der Waals surface area (Å²) < 4.78 is 26.4. The third-order valence-corrected chi connectivity index (χ3v) is 5.23. The number of sulfonamides is 1. The molecule has 6 nitrogen and oxygen atoms in total. The van der Waals surface area contributed by atoms with E-state index >= 15 is 0 Å². The van der Waals surface area contributed by atoms with E-state index in [1.165, 1.54) is 0 Å². The number of carbonyl (C=O) groups is 1. The molecule has 1 saturated heterocycles. The Kier molecular flexibility index (Phi) is 5.55. The van der Waals surface area contributed by atoms with E-state index in [0.29, 0.717) is 18.7 Å². The summed E-state index contributed by atoms with van der Waals surface area (Å²) in [7, 11) is -1.46. The van der Waals surface area contributed by atoms with E-state index < -0.39 is 16.1 Å². The number of hydrogen-bond donors (Lipinski definition) is 1. The van der Waals surface area contributed by atoms with E-state index in [9.17, 15) is 13.2 Å². The van der Waals surface area contributed by atoms with Crippen LogP contribution in [-0.4, -0.2) is 63.1 Å². The van der Waals surface area contributed by atoms with Gasteiger partial charge in [-0.05, 0) is 19.5 Å². The molecule has 1 amide bonds. The van der Waals surface area contributed by atoms with E-state index in [4.69, 9.17) is 0 Å². The Morgan fingerprint density at radius 2 is 1.77 bits per heavy atom. The van der Waals surface area contributed by atoms with Crippen LogP contribution in [0, 0.1) is 0 Å². The number of rotatable bonds is 5. The maximum absolute atomic E-state index is 12.8. The summed E-state index contributed by atoms with van der Waals surface area (Å²) in [5.74, 6) is -0.233. The summed E-state index contributed by atoms with van der Waals surface area (Å²) in [6.45, 7) is 4.39. The minimum atomic E-state index is -3.47. The van der Waals surface area contributed by atoms with Crippen molar-refractivity contribution in [1.29, 1.82) is 0 Å². The molecule has 1 heterocycles. The molecule has 7 heteroatoms. The number of benzene rings is 1. The predicted molar refractivity (Wildman–Crippen MR) is 85.9 cm³/mol. The van der Waals surface area contributed by atoms with Crippen molar-refractivity contribution >= 4 is 15.9 Å². The molecule has 1 aliphatic rings. The van der Waals surface area contributed by atoms with Crippen molar-refractivity contribution in [3.63, 3.8) is 0 Å². The van der Waals surface area contributed by atoms with Gasteiger partial charge in [-0.2, -0.15) is 4.72 Å². The molecule has 122 valence electrons. The zero-order valence-electron chi connectivity index (χ0n) is 13.0. The quantitative estimate of drug-likeness (QED) is 0.853. The van der Waals surface area contributed by atoms with E-state index in [2.05, 4.69) is 9.62 Å². The van der Waals surface area contributed by atoms with E-state index in [1.54, 1.807) is 36.1 Å². The van der Waals surface area contributed by atoms with Crippen molar-refractivity contribution in [2.75, 3.05) is 39.0 Å². The first-order valence-corrected chi connectivity index (χ1v) is 9.10. The van der Waals surface area contributed by atoms with Gasteiger partial charge in [0.15, 0.2) is 0 Å². The molecule has 1 fully saturated rings. The molecule has 0 saturated carbocycles. The second kappa shape index (κ2) is 7.21. The van der Waals surface area contributed by atoms with E-state index in [-0.39, 0.29) is 11.7 Å². The van der Waals surface area contributed by atoms with Gasteiger partial charge in [-0.3, -0.25) is 4.79 Å². The largest absolute Gasteiger partial charge is 0.338 e. The van der Waals surface area contributed by atoms with E-state index in [0.717, 1.165) is 13.1 Å². The average molecular weight is 325 g/mol. The fraction of sp³-hybridized carbons (Fsp3) is 0.533. The molecule has 1 aromatic carbocycles. The molecular formula is C15H23N3O3S. The Morgan fingerprint density at radius 1 is 1.18 bits per heavy atom. The first-order chi connectivity index (χ1) is 10.4. The number of amides is 1. The SMILES string of the molecule is CCS(=O)(=O)N[C@H](C(=O)N1CCN(C)CC1)c1ccccc1.